The van der Waals surface area contributed by atoms with Gasteiger partial charge >= 0.3 is 0 Å². The number of hydrogen-bond acceptors (Lipinski definition) is 10. The van der Waals surface area contributed by atoms with Crippen LogP contribution in [0.5, 0.6) is 5.75 Å². The van der Waals surface area contributed by atoms with Gasteiger partial charge in [0.25, 0.3) is 11.1 Å². The number of hydrogen-bond donors (Lipinski definition) is 1. The fourth-order valence-corrected chi connectivity index (χ4v) is 5.86. The van der Waals surface area contributed by atoms with E-state index in [1.807, 2.05) is 24.3 Å². The van der Waals surface area contributed by atoms with Crippen molar-refractivity contribution in [1.29, 1.82) is 0 Å². The number of fused-ring (bicyclic) bond motifs is 2. The van der Waals surface area contributed by atoms with E-state index in [1.54, 1.807) is 49.6 Å². The number of aromatic nitrogens is 6. The number of carbonyl (C=O) groups is 2. The molecule has 0 aliphatic heterocycles. The van der Waals surface area contributed by atoms with E-state index in [0.29, 0.717) is 48.6 Å². The third-order valence-electron chi connectivity index (χ3n) is 7.22. The first-order valence-corrected chi connectivity index (χ1v) is 14.8. The lowest BCUT2D eigenvalue weighted by Gasteiger charge is -2.12. The Bertz CT molecular complexity index is 2220. The smallest absolute Gasteiger partial charge is 0.274 e. The zero-order valence-corrected chi connectivity index (χ0v) is 25.4. The lowest BCUT2D eigenvalue weighted by molar-refractivity contribution is -0.117. The number of benzene rings is 3. The molecule has 0 bridgehead atoms. The van der Waals surface area contributed by atoms with Crippen molar-refractivity contribution in [2.75, 3.05) is 12.4 Å². The molecule has 3 heterocycles. The van der Waals surface area contributed by atoms with Crippen LogP contribution in [0.3, 0.4) is 0 Å². The van der Waals surface area contributed by atoms with Crippen LogP contribution in [0.4, 0.5) is 5.13 Å². The second kappa shape index (κ2) is 12.2. The van der Waals surface area contributed by atoms with Gasteiger partial charge in [0.05, 0.1) is 48.7 Å². The molecule has 0 saturated heterocycles. The van der Waals surface area contributed by atoms with Crippen molar-refractivity contribution < 1.29 is 14.3 Å². The molecule has 0 saturated carbocycles. The van der Waals surface area contributed by atoms with Gasteiger partial charge in [-0.2, -0.15) is 10.2 Å². The Hall–Kier alpha value is -5.56. The van der Waals surface area contributed by atoms with Gasteiger partial charge in [-0.1, -0.05) is 41.7 Å². The summed E-state index contributed by atoms with van der Waals surface area (Å²) in [5.41, 5.74) is 1.76. The van der Waals surface area contributed by atoms with Crippen LogP contribution >= 0.6 is 11.3 Å². The predicted octanol–water partition coefficient (Wildman–Crippen LogP) is 3.53. The van der Waals surface area contributed by atoms with Crippen molar-refractivity contribution in [3.8, 4) is 16.3 Å². The van der Waals surface area contributed by atoms with Crippen LogP contribution in [0.2, 0.25) is 0 Å². The van der Waals surface area contributed by atoms with Crippen molar-refractivity contribution in [1.82, 2.24) is 29.8 Å². The number of rotatable bonds is 9. The highest BCUT2D eigenvalue weighted by Gasteiger charge is 2.17. The Labute approximate surface area is 259 Å². The van der Waals surface area contributed by atoms with Crippen LogP contribution < -0.4 is 21.2 Å². The highest BCUT2D eigenvalue weighted by atomic mass is 32.1. The fraction of sp³-hybridized carbons (Fsp3) is 0.188. The van der Waals surface area contributed by atoms with Crippen LogP contribution in [0.15, 0.2) is 76.3 Å². The van der Waals surface area contributed by atoms with Gasteiger partial charge in [0, 0.05) is 23.4 Å². The van der Waals surface area contributed by atoms with E-state index >= 15 is 0 Å². The second-order valence-corrected chi connectivity index (χ2v) is 11.4. The highest BCUT2D eigenvalue weighted by Crippen LogP contribution is 2.28. The molecule has 45 heavy (non-hydrogen) atoms. The third kappa shape index (κ3) is 6.10. The van der Waals surface area contributed by atoms with Gasteiger partial charge in [-0.15, -0.1) is 10.2 Å². The molecule has 0 fully saturated rings. The standard InChI is InChI=1S/C32H27N7O5S/c1-18(40)14-26-22-6-4-5-7-24(22)31(43)39(37-26)17-19-8-13-23-25(15-19)30(42)38(2)36-27(23)16-28(41)33-32-35-34-29(45-32)20-9-11-21(44-3)12-10-20/h4-13,15H,14,16-17H2,1-3H3,(H,33,35,41). The Morgan fingerprint density at radius 2 is 1.56 bits per heavy atom. The van der Waals surface area contributed by atoms with E-state index in [0.717, 1.165) is 11.3 Å². The summed E-state index contributed by atoms with van der Waals surface area (Å²) in [6, 6.07) is 19.6. The Morgan fingerprint density at radius 1 is 0.844 bits per heavy atom. The van der Waals surface area contributed by atoms with Crippen LogP contribution in [0, 0.1) is 0 Å². The summed E-state index contributed by atoms with van der Waals surface area (Å²) in [6.45, 7) is 1.56. The molecule has 1 N–H and O–H groups in total. The molecule has 0 aliphatic rings. The molecule has 226 valence electrons. The number of methoxy groups -OCH3 is 1. The number of anilines is 1. The van der Waals surface area contributed by atoms with Gasteiger partial charge in [-0.25, -0.2) is 9.36 Å². The van der Waals surface area contributed by atoms with Crippen molar-refractivity contribution in [2.24, 2.45) is 7.05 Å². The average Bonchev–Trinajstić information content (AvgIpc) is 3.50. The molecule has 6 aromatic rings. The number of carbonyl (C=O) groups excluding carboxylic acids is 2. The van der Waals surface area contributed by atoms with Gasteiger partial charge < -0.3 is 10.1 Å². The van der Waals surface area contributed by atoms with E-state index < -0.39 is 0 Å². The van der Waals surface area contributed by atoms with E-state index in [9.17, 15) is 19.2 Å². The molecule has 13 heteroatoms. The SMILES string of the molecule is COc1ccc(-c2nnc(NC(=O)Cc3nn(C)c(=O)c4cc(Cn5nc(CC(C)=O)c6ccccc6c5=O)ccc34)s2)cc1. The summed E-state index contributed by atoms with van der Waals surface area (Å²) in [5, 5.41) is 22.8. The minimum atomic E-state index is -0.367. The Kier molecular flexibility index (Phi) is 8.00. The van der Waals surface area contributed by atoms with Crippen molar-refractivity contribution in [3.63, 3.8) is 0 Å². The summed E-state index contributed by atoms with van der Waals surface area (Å²) < 4.78 is 7.69. The zero-order valence-electron chi connectivity index (χ0n) is 24.6. The molecular formula is C32H27N7O5S. The molecule has 1 amide bonds. The van der Waals surface area contributed by atoms with Crippen molar-refractivity contribution >= 4 is 49.7 Å². The Morgan fingerprint density at radius 3 is 2.29 bits per heavy atom. The molecule has 12 nitrogen and oxygen atoms in total. The fourth-order valence-electron chi connectivity index (χ4n) is 5.09. The Balaban J connectivity index is 1.26. The van der Waals surface area contributed by atoms with E-state index in [-0.39, 0.29) is 42.2 Å². The highest BCUT2D eigenvalue weighted by molar-refractivity contribution is 7.18. The van der Waals surface area contributed by atoms with Crippen LogP contribution in [0.25, 0.3) is 32.1 Å². The maximum Gasteiger partial charge on any atom is 0.274 e. The molecule has 0 radical (unpaired) electrons. The molecule has 0 spiro atoms. The maximum absolute atomic E-state index is 13.3. The number of Topliss-reactive ketones (excluding diaryl/α,β-unsaturated/α-hetero) is 1. The van der Waals surface area contributed by atoms with E-state index in [1.165, 1.54) is 34.7 Å². The molecule has 0 aliphatic carbocycles. The van der Waals surface area contributed by atoms with Gasteiger partial charge in [-0.3, -0.25) is 19.2 Å². The normalized spacial score (nSPS) is 11.2. The largest absolute Gasteiger partial charge is 0.497 e. The van der Waals surface area contributed by atoms with E-state index in [4.69, 9.17) is 4.74 Å². The number of nitrogens with one attached hydrogen (secondary N) is 1. The topological polar surface area (TPSA) is 151 Å². The van der Waals surface area contributed by atoms with Crippen LogP contribution in [-0.2, 0) is 36.0 Å². The van der Waals surface area contributed by atoms with Gasteiger partial charge in [-0.05, 0) is 48.9 Å². The number of ether oxygens (including phenoxy) is 1. The average molecular weight is 622 g/mol. The maximum atomic E-state index is 13.3. The summed E-state index contributed by atoms with van der Waals surface area (Å²) in [4.78, 5) is 51.3. The number of aryl methyl sites for hydroxylation is 1. The monoisotopic (exact) mass is 621 g/mol. The van der Waals surface area contributed by atoms with Gasteiger partial charge in [0.1, 0.15) is 16.5 Å². The summed E-state index contributed by atoms with van der Waals surface area (Å²) in [6.07, 6.45) is -0.0164. The molecular weight excluding hydrogens is 594 g/mol. The van der Waals surface area contributed by atoms with Crippen LogP contribution in [0.1, 0.15) is 23.9 Å². The summed E-state index contributed by atoms with van der Waals surface area (Å²) >= 11 is 1.23. The summed E-state index contributed by atoms with van der Waals surface area (Å²) in [5.74, 6) is 0.285. The number of nitrogens with zero attached hydrogens (tertiary/aromatic N) is 6. The lowest BCUT2D eigenvalue weighted by Crippen LogP contribution is -2.26. The minimum Gasteiger partial charge on any atom is -0.497 e. The molecule has 3 aromatic heterocycles. The first kappa shape index (κ1) is 29.5. The zero-order chi connectivity index (χ0) is 31.7. The first-order chi connectivity index (χ1) is 21.7. The molecule has 0 atom stereocenters. The van der Waals surface area contributed by atoms with Gasteiger partial charge in [0.2, 0.25) is 11.0 Å². The molecule has 6 rings (SSSR count). The quantitative estimate of drug-likeness (QED) is 0.256. The lowest BCUT2D eigenvalue weighted by atomic mass is 10.1. The summed E-state index contributed by atoms with van der Waals surface area (Å²) in [7, 11) is 3.11. The molecule has 0 unspecified atom stereocenters. The van der Waals surface area contributed by atoms with Gasteiger partial charge in [0.15, 0.2) is 0 Å². The third-order valence-corrected chi connectivity index (χ3v) is 8.11. The number of ketones is 1. The number of amides is 1. The second-order valence-electron chi connectivity index (χ2n) is 10.5. The molecule has 3 aromatic carbocycles. The first-order valence-electron chi connectivity index (χ1n) is 13.9. The van der Waals surface area contributed by atoms with Crippen molar-refractivity contribution in [2.45, 2.75) is 26.3 Å². The van der Waals surface area contributed by atoms with Crippen molar-refractivity contribution in [3.05, 3.63) is 104 Å². The minimum absolute atomic E-state index is 0.0695. The van der Waals surface area contributed by atoms with Crippen LogP contribution in [-0.4, -0.2) is 48.6 Å². The predicted molar refractivity (Wildman–Crippen MR) is 171 cm³/mol. The van der Waals surface area contributed by atoms with E-state index in [2.05, 4.69) is 25.7 Å².